The molecule has 4 heterocycles. The van der Waals surface area contributed by atoms with E-state index in [1.54, 1.807) is 23.2 Å². The van der Waals surface area contributed by atoms with Gasteiger partial charge in [0, 0.05) is 61.7 Å². The largest absolute Gasteiger partial charge is 0.480 e. The second kappa shape index (κ2) is 8.75. The van der Waals surface area contributed by atoms with E-state index in [9.17, 15) is 8.42 Å². The number of nitrogens with zero attached hydrogens (tertiary/aromatic N) is 6. The van der Waals surface area contributed by atoms with Crippen molar-refractivity contribution in [1.82, 2.24) is 13.9 Å². The van der Waals surface area contributed by atoms with Crippen LogP contribution in [0.25, 0.3) is 0 Å². The summed E-state index contributed by atoms with van der Waals surface area (Å²) in [7, 11) is -0.500. The van der Waals surface area contributed by atoms with Crippen molar-refractivity contribution in [3.63, 3.8) is 0 Å². The number of likely N-dealkylation sites (N-methyl/N-ethyl adjacent to an activating group) is 1. The highest BCUT2D eigenvalue weighted by Gasteiger charge is 2.32. The lowest BCUT2D eigenvalue weighted by molar-refractivity contribution is 0.313. The maximum Gasteiger partial charge on any atom is 0.274 e. The molecule has 0 amide bonds. The molecule has 5 rings (SSSR count). The van der Waals surface area contributed by atoms with Gasteiger partial charge in [0.25, 0.3) is 10.0 Å². The third-order valence-corrected chi connectivity index (χ3v) is 7.86. The van der Waals surface area contributed by atoms with E-state index in [4.69, 9.17) is 10.5 Å². The molecule has 1 aromatic carbocycles. The van der Waals surface area contributed by atoms with Gasteiger partial charge >= 0.3 is 0 Å². The zero-order valence-electron chi connectivity index (χ0n) is 19.1. The van der Waals surface area contributed by atoms with Crippen LogP contribution in [0.4, 0.5) is 17.2 Å². The van der Waals surface area contributed by atoms with E-state index in [-0.39, 0.29) is 10.8 Å². The lowest BCUT2D eigenvalue weighted by Crippen LogP contribution is -2.44. The summed E-state index contributed by atoms with van der Waals surface area (Å²) in [5, 5.41) is 0. The van der Waals surface area contributed by atoms with Gasteiger partial charge in [-0.25, -0.2) is 17.4 Å². The maximum atomic E-state index is 13.6. The number of benzene rings is 1. The third-order valence-electron chi connectivity index (χ3n) is 6.18. The van der Waals surface area contributed by atoms with Crippen LogP contribution in [0.3, 0.4) is 0 Å². The van der Waals surface area contributed by atoms with Crippen LogP contribution in [0.15, 0.2) is 64.7 Å². The Morgan fingerprint density at radius 3 is 2.44 bits per heavy atom. The molecule has 0 radical (unpaired) electrons. The van der Waals surface area contributed by atoms with Gasteiger partial charge < -0.3 is 14.5 Å². The molecule has 0 spiro atoms. The smallest absolute Gasteiger partial charge is 0.274 e. The number of hydrogen-bond acceptors (Lipinski definition) is 9. The SMILES string of the molecule is COc1ncccc1S(=O)(=O)n1ccc2c1N(c1ccc(N3CCN(C)CC3)cc1)C(N)N=C2. The van der Waals surface area contributed by atoms with Crippen molar-refractivity contribution in [3.8, 4) is 5.88 Å². The van der Waals surface area contributed by atoms with Crippen molar-refractivity contribution >= 4 is 33.4 Å². The first kappa shape index (κ1) is 22.4. The number of aromatic nitrogens is 2. The summed E-state index contributed by atoms with van der Waals surface area (Å²) < 4.78 is 33.7. The predicted octanol–water partition coefficient (Wildman–Crippen LogP) is 1.69. The van der Waals surface area contributed by atoms with Gasteiger partial charge in [0.05, 0.1) is 7.11 Å². The number of hydrogen-bond donors (Lipinski definition) is 1. The van der Waals surface area contributed by atoms with Crippen molar-refractivity contribution in [2.24, 2.45) is 10.7 Å². The first-order valence-corrected chi connectivity index (χ1v) is 12.4. The second-order valence-corrected chi connectivity index (χ2v) is 10.1. The van der Waals surface area contributed by atoms with Crippen molar-refractivity contribution in [3.05, 3.63) is 60.4 Å². The van der Waals surface area contributed by atoms with E-state index in [1.165, 1.54) is 29.5 Å². The Morgan fingerprint density at radius 1 is 1.03 bits per heavy atom. The lowest BCUT2D eigenvalue weighted by Gasteiger charge is -2.35. The number of nitrogens with two attached hydrogens (primary N) is 1. The van der Waals surface area contributed by atoms with Crippen LogP contribution in [0.1, 0.15) is 5.56 Å². The van der Waals surface area contributed by atoms with E-state index in [0.717, 1.165) is 37.6 Å². The monoisotopic (exact) mass is 481 g/mol. The second-order valence-electron chi connectivity index (χ2n) is 8.27. The molecule has 34 heavy (non-hydrogen) atoms. The molecule has 2 aromatic heterocycles. The van der Waals surface area contributed by atoms with Crippen LogP contribution in [-0.2, 0) is 10.0 Å². The summed E-state index contributed by atoms with van der Waals surface area (Å²) in [6.45, 7) is 3.95. The highest BCUT2D eigenvalue weighted by atomic mass is 32.2. The minimum Gasteiger partial charge on any atom is -0.480 e. The number of piperazine rings is 1. The predicted molar refractivity (Wildman–Crippen MR) is 132 cm³/mol. The van der Waals surface area contributed by atoms with E-state index >= 15 is 0 Å². The average molecular weight is 482 g/mol. The fourth-order valence-corrected chi connectivity index (χ4v) is 5.77. The van der Waals surface area contributed by atoms with Gasteiger partial charge in [0.1, 0.15) is 10.7 Å². The summed E-state index contributed by atoms with van der Waals surface area (Å²) in [6.07, 6.45) is 3.81. The highest BCUT2D eigenvalue weighted by Crippen LogP contribution is 2.37. The van der Waals surface area contributed by atoms with Gasteiger partial charge in [-0.1, -0.05) is 0 Å². The molecule has 1 atom stereocenters. The molecule has 11 heteroatoms. The van der Waals surface area contributed by atoms with Crippen molar-refractivity contribution in [1.29, 1.82) is 0 Å². The molecule has 178 valence electrons. The van der Waals surface area contributed by atoms with Gasteiger partial charge in [0.15, 0.2) is 6.29 Å². The Kier molecular flexibility index (Phi) is 5.76. The lowest BCUT2D eigenvalue weighted by atomic mass is 10.2. The zero-order chi connectivity index (χ0) is 23.9. The number of aliphatic imine (C=N–C) groups is 1. The van der Waals surface area contributed by atoms with E-state index in [1.807, 2.05) is 24.3 Å². The fourth-order valence-electron chi connectivity index (χ4n) is 4.30. The van der Waals surface area contributed by atoms with Gasteiger partial charge in [-0.05, 0) is 49.5 Å². The molecular weight excluding hydrogens is 454 g/mol. The third kappa shape index (κ3) is 3.81. The molecule has 10 nitrogen and oxygen atoms in total. The summed E-state index contributed by atoms with van der Waals surface area (Å²) in [4.78, 5) is 14.8. The number of rotatable bonds is 5. The minimum atomic E-state index is -4.02. The molecule has 1 unspecified atom stereocenters. The van der Waals surface area contributed by atoms with E-state index in [0.29, 0.717) is 11.4 Å². The summed E-state index contributed by atoms with van der Waals surface area (Å²) in [6, 6.07) is 12.7. The van der Waals surface area contributed by atoms with Gasteiger partial charge in [-0.3, -0.25) is 15.6 Å². The zero-order valence-corrected chi connectivity index (χ0v) is 19.9. The van der Waals surface area contributed by atoms with Crippen LogP contribution in [0.2, 0.25) is 0 Å². The summed E-state index contributed by atoms with van der Waals surface area (Å²) in [5.41, 5.74) is 8.87. The Balaban J connectivity index is 1.54. The molecule has 1 fully saturated rings. The van der Waals surface area contributed by atoms with Crippen LogP contribution < -0.4 is 20.3 Å². The minimum absolute atomic E-state index is 0.0294. The molecule has 2 N–H and O–H groups in total. The summed E-state index contributed by atoms with van der Waals surface area (Å²) >= 11 is 0. The van der Waals surface area contributed by atoms with Crippen molar-refractivity contribution in [2.45, 2.75) is 11.2 Å². The molecule has 0 saturated carbocycles. The first-order valence-electron chi connectivity index (χ1n) is 11.0. The highest BCUT2D eigenvalue weighted by molar-refractivity contribution is 7.90. The average Bonchev–Trinajstić information content (AvgIpc) is 3.30. The number of ether oxygens (including phenoxy) is 1. The molecular formula is C23H27N7O3S. The Bertz CT molecular complexity index is 1310. The molecule has 0 bridgehead atoms. The quantitative estimate of drug-likeness (QED) is 0.587. The number of fused-ring (bicyclic) bond motifs is 1. The maximum absolute atomic E-state index is 13.6. The van der Waals surface area contributed by atoms with Gasteiger partial charge in [0.2, 0.25) is 5.88 Å². The van der Waals surface area contributed by atoms with E-state index in [2.05, 4.69) is 26.8 Å². The van der Waals surface area contributed by atoms with Gasteiger partial charge in [-0.15, -0.1) is 0 Å². The molecule has 3 aromatic rings. The molecule has 1 saturated heterocycles. The number of pyridine rings is 1. The summed E-state index contributed by atoms with van der Waals surface area (Å²) in [5.74, 6) is 0.447. The van der Waals surface area contributed by atoms with Crippen molar-refractivity contribution < 1.29 is 13.2 Å². The van der Waals surface area contributed by atoms with E-state index < -0.39 is 16.3 Å². The standard InChI is InChI=1S/C23H27N7O3S/c1-27-12-14-28(15-13-27)18-5-7-19(8-6-18)30-22-17(16-26-23(30)24)9-11-29(22)34(31,32)20-4-3-10-25-21(20)33-2/h3-11,16,23H,12-15,24H2,1-2H3. The van der Waals surface area contributed by atoms with Crippen molar-refractivity contribution in [2.75, 3.05) is 50.1 Å². The van der Waals surface area contributed by atoms with Crippen LogP contribution in [-0.4, -0.2) is 75.1 Å². The Labute approximate surface area is 198 Å². The number of anilines is 3. The Morgan fingerprint density at radius 2 is 1.74 bits per heavy atom. The molecule has 2 aliphatic rings. The van der Waals surface area contributed by atoms with Gasteiger partial charge in [-0.2, -0.15) is 0 Å². The van der Waals surface area contributed by atoms with Crippen LogP contribution in [0.5, 0.6) is 5.88 Å². The first-order chi connectivity index (χ1) is 16.4. The number of methoxy groups -OCH3 is 1. The Hall–Kier alpha value is -3.41. The normalized spacial score (nSPS) is 18.7. The molecule has 2 aliphatic heterocycles. The molecule has 0 aliphatic carbocycles. The van der Waals surface area contributed by atoms with Crippen LogP contribution >= 0.6 is 0 Å². The van der Waals surface area contributed by atoms with Crippen LogP contribution in [0, 0.1) is 0 Å². The topological polar surface area (TPSA) is 109 Å². The fraction of sp³-hybridized carbons (Fsp3) is 0.304.